The predicted molar refractivity (Wildman–Crippen MR) is 131 cm³/mol. The molecule has 7 heteroatoms. The van der Waals surface area contributed by atoms with Gasteiger partial charge in [-0.15, -0.1) is 11.8 Å². The summed E-state index contributed by atoms with van der Waals surface area (Å²) >= 11 is 1.27. The van der Waals surface area contributed by atoms with E-state index in [-0.39, 0.29) is 23.3 Å². The molecule has 2 amide bonds. The van der Waals surface area contributed by atoms with Crippen LogP contribution in [0.25, 0.3) is 16.9 Å². The van der Waals surface area contributed by atoms with Gasteiger partial charge in [0, 0.05) is 17.4 Å². The number of hydrogen-bond acceptors (Lipinski definition) is 4. The van der Waals surface area contributed by atoms with Crippen molar-refractivity contribution in [1.29, 1.82) is 0 Å². The zero-order valence-electron chi connectivity index (χ0n) is 18.0. The number of thioether (sulfide) groups is 1. The van der Waals surface area contributed by atoms with E-state index in [1.165, 1.54) is 11.8 Å². The molecule has 0 aliphatic heterocycles. The van der Waals surface area contributed by atoms with Gasteiger partial charge in [-0.25, -0.2) is 4.98 Å². The largest absolute Gasteiger partial charge is 0.325 e. The quantitative estimate of drug-likeness (QED) is 0.424. The minimum absolute atomic E-state index is 0.137. The minimum Gasteiger partial charge on any atom is -0.325 e. The topological polar surface area (TPSA) is 75.5 Å². The molecule has 4 rings (SSSR count). The molecule has 0 spiro atoms. The number of benzene rings is 2. The highest BCUT2D eigenvalue weighted by Crippen LogP contribution is 2.29. The third-order valence-electron chi connectivity index (χ3n) is 4.95. The zero-order valence-corrected chi connectivity index (χ0v) is 18.8. The summed E-state index contributed by atoms with van der Waals surface area (Å²) in [4.78, 5) is 29.6. The van der Waals surface area contributed by atoms with Crippen LogP contribution in [0.1, 0.15) is 11.1 Å². The van der Waals surface area contributed by atoms with Gasteiger partial charge in [-0.3, -0.25) is 14.0 Å². The number of aryl methyl sites for hydroxylation is 2. The number of carbonyl (C=O) groups is 2. The van der Waals surface area contributed by atoms with Gasteiger partial charge >= 0.3 is 0 Å². The van der Waals surface area contributed by atoms with Crippen LogP contribution in [0.3, 0.4) is 0 Å². The van der Waals surface area contributed by atoms with Crippen molar-refractivity contribution in [2.75, 3.05) is 22.1 Å². The highest BCUT2D eigenvalue weighted by Gasteiger charge is 2.17. The Kier molecular flexibility index (Phi) is 6.56. The Morgan fingerprint density at radius 2 is 1.56 bits per heavy atom. The average molecular weight is 445 g/mol. The van der Waals surface area contributed by atoms with Crippen molar-refractivity contribution in [3.8, 4) is 11.3 Å². The molecule has 4 aromatic rings. The molecule has 6 nitrogen and oxygen atoms in total. The molecule has 0 saturated carbocycles. The van der Waals surface area contributed by atoms with Crippen molar-refractivity contribution in [3.05, 3.63) is 84.1 Å². The Labute approximate surface area is 191 Å². The monoisotopic (exact) mass is 444 g/mol. The minimum atomic E-state index is -0.182. The van der Waals surface area contributed by atoms with Gasteiger partial charge in [0.1, 0.15) is 17.2 Å². The molecule has 0 radical (unpaired) electrons. The molecule has 2 aromatic heterocycles. The molecular weight excluding hydrogens is 420 g/mol. The molecule has 162 valence electrons. The fraction of sp³-hybridized carbons (Fsp3) is 0.160. The maximum atomic E-state index is 12.7. The van der Waals surface area contributed by atoms with Gasteiger partial charge in [-0.2, -0.15) is 0 Å². The molecule has 32 heavy (non-hydrogen) atoms. The second-order valence-corrected chi connectivity index (χ2v) is 8.50. The molecule has 0 unspecified atom stereocenters. The number of rotatable bonds is 7. The molecule has 0 fully saturated rings. The van der Waals surface area contributed by atoms with Crippen LogP contribution in [0.5, 0.6) is 0 Å². The highest BCUT2D eigenvalue weighted by molar-refractivity contribution is 8.00. The normalized spacial score (nSPS) is 10.8. The Morgan fingerprint density at radius 3 is 2.28 bits per heavy atom. The van der Waals surface area contributed by atoms with Crippen molar-refractivity contribution >= 4 is 40.7 Å². The van der Waals surface area contributed by atoms with E-state index in [0.717, 1.165) is 33.7 Å². The predicted octanol–water partition coefficient (Wildman–Crippen LogP) is 4.93. The van der Waals surface area contributed by atoms with Crippen LogP contribution < -0.4 is 10.6 Å². The van der Waals surface area contributed by atoms with Crippen molar-refractivity contribution in [1.82, 2.24) is 9.38 Å². The molecule has 0 bridgehead atoms. The SMILES string of the molecule is Cc1ccc(NC(=O)CSCC(=O)Nc2c(-c3ccccc3)nc3c(C)cccn23)cc1. The number of pyridine rings is 1. The van der Waals surface area contributed by atoms with Gasteiger partial charge in [-0.05, 0) is 37.6 Å². The van der Waals surface area contributed by atoms with E-state index < -0.39 is 0 Å². The summed E-state index contributed by atoms with van der Waals surface area (Å²) < 4.78 is 1.89. The molecule has 2 heterocycles. The van der Waals surface area contributed by atoms with E-state index in [9.17, 15) is 9.59 Å². The number of anilines is 2. The molecule has 0 aliphatic carbocycles. The lowest BCUT2D eigenvalue weighted by Crippen LogP contribution is -2.19. The van der Waals surface area contributed by atoms with Crippen LogP contribution in [0.4, 0.5) is 11.5 Å². The number of imidazole rings is 1. The first-order valence-corrected chi connectivity index (χ1v) is 11.4. The summed E-state index contributed by atoms with van der Waals surface area (Å²) in [6, 6.07) is 21.3. The van der Waals surface area contributed by atoms with Gasteiger partial charge in [0.15, 0.2) is 0 Å². The molecular formula is C25H24N4O2S. The molecule has 2 N–H and O–H groups in total. The Bertz CT molecular complexity index is 1250. The van der Waals surface area contributed by atoms with Gasteiger partial charge < -0.3 is 10.6 Å². The summed E-state index contributed by atoms with van der Waals surface area (Å²) in [6.45, 7) is 3.99. The number of nitrogens with zero attached hydrogens (tertiary/aromatic N) is 2. The van der Waals surface area contributed by atoms with Crippen molar-refractivity contribution in [2.45, 2.75) is 13.8 Å². The van der Waals surface area contributed by atoms with Crippen LogP contribution in [0.15, 0.2) is 72.9 Å². The zero-order chi connectivity index (χ0) is 22.5. The first kappa shape index (κ1) is 21.6. The Balaban J connectivity index is 1.43. The van der Waals surface area contributed by atoms with Crippen LogP contribution in [0, 0.1) is 13.8 Å². The fourth-order valence-electron chi connectivity index (χ4n) is 3.36. The fourth-order valence-corrected chi connectivity index (χ4v) is 3.98. The van der Waals surface area contributed by atoms with E-state index in [1.807, 2.05) is 91.2 Å². The summed E-state index contributed by atoms with van der Waals surface area (Å²) in [5.74, 6) is 0.665. The van der Waals surface area contributed by atoms with Gasteiger partial charge in [0.2, 0.25) is 11.8 Å². The lowest BCUT2D eigenvalue weighted by atomic mass is 10.1. The van der Waals surface area contributed by atoms with Gasteiger partial charge in [-0.1, -0.05) is 54.1 Å². The number of nitrogens with one attached hydrogen (secondary N) is 2. The summed E-state index contributed by atoms with van der Waals surface area (Å²) in [5, 5.41) is 5.84. The molecule has 2 aromatic carbocycles. The molecule has 0 atom stereocenters. The van der Waals surface area contributed by atoms with Crippen LogP contribution in [-0.4, -0.2) is 32.7 Å². The Hall–Kier alpha value is -3.58. The maximum Gasteiger partial charge on any atom is 0.235 e. The smallest absolute Gasteiger partial charge is 0.235 e. The molecule has 0 aliphatic rings. The van der Waals surface area contributed by atoms with E-state index >= 15 is 0 Å². The number of fused-ring (bicyclic) bond motifs is 1. The number of hydrogen-bond donors (Lipinski definition) is 2. The second-order valence-electron chi connectivity index (χ2n) is 7.52. The third-order valence-corrected chi connectivity index (χ3v) is 5.88. The second kappa shape index (κ2) is 9.70. The number of aromatic nitrogens is 2. The van der Waals surface area contributed by atoms with Gasteiger partial charge in [0.25, 0.3) is 0 Å². The summed E-state index contributed by atoms with van der Waals surface area (Å²) in [6.07, 6.45) is 1.89. The Morgan fingerprint density at radius 1 is 0.875 bits per heavy atom. The molecule has 0 saturated heterocycles. The third kappa shape index (κ3) is 5.00. The summed E-state index contributed by atoms with van der Waals surface area (Å²) in [7, 11) is 0. The lowest BCUT2D eigenvalue weighted by molar-refractivity contribution is -0.114. The lowest BCUT2D eigenvalue weighted by Gasteiger charge is -2.09. The number of amides is 2. The average Bonchev–Trinajstić information content (AvgIpc) is 3.15. The van der Waals surface area contributed by atoms with Crippen LogP contribution >= 0.6 is 11.8 Å². The first-order chi connectivity index (χ1) is 15.5. The van der Waals surface area contributed by atoms with Crippen molar-refractivity contribution < 1.29 is 9.59 Å². The highest BCUT2D eigenvalue weighted by atomic mass is 32.2. The van der Waals surface area contributed by atoms with Gasteiger partial charge in [0.05, 0.1) is 11.5 Å². The van der Waals surface area contributed by atoms with Crippen molar-refractivity contribution in [2.24, 2.45) is 0 Å². The van der Waals surface area contributed by atoms with Crippen molar-refractivity contribution in [3.63, 3.8) is 0 Å². The maximum absolute atomic E-state index is 12.7. The first-order valence-electron chi connectivity index (χ1n) is 10.3. The van der Waals surface area contributed by atoms with Crippen LogP contribution in [0.2, 0.25) is 0 Å². The van der Waals surface area contributed by atoms with E-state index in [4.69, 9.17) is 4.98 Å². The van der Waals surface area contributed by atoms with Crippen LogP contribution in [-0.2, 0) is 9.59 Å². The van der Waals surface area contributed by atoms with E-state index in [2.05, 4.69) is 10.6 Å². The van der Waals surface area contributed by atoms with E-state index in [1.54, 1.807) is 0 Å². The summed E-state index contributed by atoms with van der Waals surface area (Å²) in [5.41, 5.74) is 5.34. The number of carbonyl (C=O) groups excluding carboxylic acids is 2. The van der Waals surface area contributed by atoms with E-state index in [0.29, 0.717) is 5.82 Å². The standard InChI is InChI=1S/C25H24N4O2S/c1-17-10-12-20(13-11-17)26-21(30)15-32-16-22(31)27-25-23(19-8-4-3-5-9-19)28-24-18(2)7-6-14-29(24)25/h3-14H,15-16H2,1-2H3,(H,26,30)(H,27,31).